The van der Waals surface area contributed by atoms with Gasteiger partial charge in [-0.1, -0.05) is 50.3 Å². The molecule has 12 atom stereocenters. The van der Waals surface area contributed by atoms with Crippen LogP contribution in [0, 0.1) is 17.8 Å². The lowest BCUT2D eigenvalue weighted by molar-refractivity contribution is -0.265. The first-order valence-corrected chi connectivity index (χ1v) is 22.7. The number of rotatable bonds is 6. The molecule has 0 aromatic heterocycles. The van der Waals surface area contributed by atoms with Crippen LogP contribution < -0.4 is 0 Å². The molecule has 62 heavy (non-hydrogen) atoms. The molecule has 14 heteroatoms. The first-order valence-electron chi connectivity index (χ1n) is 22.7. The first-order chi connectivity index (χ1) is 29.5. The number of aliphatic hydroxyl groups excluding tert-OH is 2. The van der Waals surface area contributed by atoms with Gasteiger partial charge in [-0.15, -0.1) is 0 Å². The number of ketones is 3. The summed E-state index contributed by atoms with van der Waals surface area (Å²) in [6.07, 6.45) is 12.5. The zero-order valence-electron chi connectivity index (χ0n) is 38.0. The van der Waals surface area contributed by atoms with Gasteiger partial charge in [-0.05, 0) is 108 Å². The zero-order chi connectivity index (χ0) is 45.6. The smallest absolute Gasteiger partial charge is 0.329 e. The number of nitrogens with zero attached hydrogens (tertiary/aromatic N) is 1. The van der Waals surface area contributed by atoms with E-state index in [9.17, 15) is 39.3 Å². The molecule has 0 aromatic rings. The molecule has 0 unspecified atom stereocenters. The van der Waals surface area contributed by atoms with Crippen LogP contribution in [0.3, 0.4) is 0 Å². The summed E-state index contributed by atoms with van der Waals surface area (Å²) in [7, 11) is 4.50. The summed E-state index contributed by atoms with van der Waals surface area (Å²) in [5, 5.41) is 33.5. The summed E-state index contributed by atoms with van der Waals surface area (Å²) in [4.78, 5) is 70.6. The van der Waals surface area contributed by atoms with E-state index < -0.39 is 77.9 Å². The van der Waals surface area contributed by atoms with Crippen molar-refractivity contribution in [2.45, 2.75) is 179 Å². The Morgan fingerprint density at radius 3 is 2.29 bits per heavy atom. The maximum Gasteiger partial charge on any atom is 0.329 e. The highest BCUT2D eigenvalue weighted by atomic mass is 16.6. The first kappa shape index (κ1) is 51.3. The molecule has 4 aliphatic rings. The number of carbonyl (C=O) groups is 5. The Labute approximate surface area is 368 Å². The standard InChI is InChI=1S/C48H73NO13/c1-30-16-12-10-8-9-11-13-18-39(51)44(60-7)43(53)32(3)26-31(2)40(52)28-35(23-20-34-21-24-38(50)42(27-34)59-6)61-47(56)37-17-14-15-25-49(37)46(55)45(54)48(57)33(4)19-22-36(62-48)29-41(30)58-5/h8-10,12,16,26,31,33-38,41-44,50,53,57H,11,13-15,17-25,27-29H2,1-7H3/b9-8+,12-10?,30-16?,32-26+/t31-,33-,34-,35-,36+,37+,38-,41+,42-,43-,44+,48-/m1/s1. The molecule has 3 N–H and O–H groups in total. The SMILES string of the molecule is CO[C@H]1C[C@@H]2CC[C@@H](C)[C@@](O)(O2)C(=O)C(=O)N2CCCC[C@H]2C(=O)O[C@H](CC[C@@H]2CC[C@@H](O)[C@H](OC)C2)CC(=O)[C@H](C)/C=C(\C)[C@@H](O)[C@@H](OC)C(=O)CCC/C=C/C=CC=C1C. The number of hydrogen-bond donors (Lipinski definition) is 3. The van der Waals surface area contributed by atoms with Gasteiger partial charge >= 0.3 is 5.97 Å². The monoisotopic (exact) mass is 872 g/mol. The fourth-order valence-electron chi connectivity index (χ4n) is 9.25. The Kier molecular flexibility index (Phi) is 20.4. The minimum atomic E-state index is -2.42. The molecule has 0 spiro atoms. The summed E-state index contributed by atoms with van der Waals surface area (Å²) in [5.41, 5.74) is 1.28. The Balaban J connectivity index is 1.64. The average Bonchev–Trinajstić information content (AvgIpc) is 3.26. The van der Waals surface area contributed by atoms with Crippen LogP contribution in [0.25, 0.3) is 0 Å². The Morgan fingerprint density at radius 1 is 0.823 bits per heavy atom. The number of Topliss-reactive ketones (excluding diaryl/α,β-unsaturated/α-hetero) is 3. The van der Waals surface area contributed by atoms with Crippen LogP contribution in [0.4, 0.5) is 0 Å². The van der Waals surface area contributed by atoms with Crippen molar-refractivity contribution in [2.24, 2.45) is 17.8 Å². The molecule has 0 radical (unpaired) electrons. The number of allylic oxidation sites excluding steroid dienone is 6. The van der Waals surface area contributed by atoms with E-state index in [2.05, 4.69) is 0 Å². The van der Waals surface area contributed by atoms with Crippen LogP contribution in [-0.2, 0) is 47.7 Å². The number of hydrogen-bond acceptors (Lipinski definition) is 13. The number of piperidine rings is 1. The van der Waals surface area contributed by atoms with Crippen molar-refractivity contribution in [2.75, 3.05) is 27.9 Å². The van der Waals surface area contributed by atoms with Crippen LogP contribution in [0.1, 0.15) is 124 Å². The number of carbonyl (C=O) groups excluding carboxylic acids is 5. The summed E-state index contributed by atoms with van der Waals surface area (Å²) in [5.74, 6) is -7.11. The number of esters is 1. The third kappa shape index (κ3) is 13.8. The largest absolute Gasteiger partial charge is 0.460 e. The zero-order valence-corrected chi connectivity index (χ0v) is 38.0. The predicted octanol–water partition coefficient (Wildman–Crippen LogP) is 5.44. The third-order valence-electron chi connectivity index (χ3n) is 13.4. The van der Waals surface area contributed by atoms with Gasteiger partial charge in [0.25, 0.3) is 11.7 Å². The molecule has 1 amide bonds. The lowest BCUT2D eigenvalue weighted by atomic mass is 9.81. The minimum Gasteiger partial charge on any atom is -0.460 e. The van der Waals surface area contributed by atoms with Crippen LogP contribution in [0.15, 0.2) is 47.6 Å². The van der Waals surface area contributed by atoms with Gasteiger partial charge in [-0.3, -0.25) is 19.2 Å². The highest BCUT2D eigenvalue weighted by Crippen LogP contribution is 2.37. The molecular weight excluding hydrogens is 799 g/mol. The highest BCUT2D eigenvalue weighted by Gasteiger charge is 2.53. The second-order valence-electron chi connectivity index (χ2n) is 17.9. The Bertz CT molecular complexity index is 1650. The molecule has 2 saturated heterocycles. The lowest BCUT2D eigenvalue weighted by Gasteiger charge is -2.42. The molecule has 3 aliphatic heterocycles. The number of amides is 1. The van der Waals surface area contributed by atoms with Gasteiger partial charge in [0.1, 0.15) is 30.1 Å². The Morgan fingerprint density at radius 2 is 1.58 bits per heavy atom. The fourth-order valence-corrected chi connectivity index (χ4v) is 9.25. The van der Waals surface area contributed by atoms with E-state index in [1.54, 1.807) is 41.1 Å². The predicted molar refractivity (Wildman–Crippen MR) is 231 cm³/mol. The maximum absolute atomic E-state index is 14.2. The van der Waals surface area contributed by atoms with Crippen molar-refractivity contribution < 1.29 is 63.0 Å². The van der Waals surface area contributed by atoms with Gasteiger partial charge in [0, 0.05) is 59.0 Å². The van der Waals surface area contributed by atoms with Gasteiger partial charge in [0.05, 0.1) is 24.4 Å². The molecular formula is C48H73NO13. The minimum absolute atomic E-state index is 0.0947. The lowest BCUT2D eigenvalue weighted by Crippen LogP contribution is -2.60. The van der Waals surface area contributed by atoms with Crippen LogP contribution >= 0.6 is 0 Å². The normalized spacial score (nSPS) is 37.5. The number of cyclic esters (lactones) is 1. The molecule has 14 nitrogen and oxygen atoms in total. The molecule has 3 heterocycles. The Hall–Kier alpha value is -3.37. The van der Waals surface area contributed by atoms with E-state index in [0.717, 1.165) is 12.0 Å². The van der Waals surface area contributed by atoms with Crippen molar-refractivity contribution >= 4 is 29.2 Å². The van der Waals surface area contributed by atoms with Crippen molar-refractivity contribution in [3.8, 4) is 0 Å². The van der Waals surface area contributed by atoms with Crippen LogP contribution in [-0.4, -0.2) is 132 Å². The molecule has 4 rings (SSSR count). The second kappa shape index (κ2) is 24.6. The molecule has 1 saturated carbocycles. The highest BCUT2D eigenvalue weighted by molar-refractivity contribution is 6.39. The molecule has 3 fully saturated rings. The average molecular weight is 872 g/mol. The topological polar surface area (TPSA) is 195 Å². The van der Waals surface area contributed by atoms with E-state index in [1.165, 1.54) is 12.0 Å². The summed E-state index contributed by atoms with van der Waals surface area (Å²) in [6, 6.07) is -1.12. The van der Waals surface area contributed by atoms with Gasteiger partial charge in [-0.2, -0.15) is 0 Å². The van der Waals surface area contributed by atoms with Gasteiger partial charge < -0.3 is 43.9 Å². The molecule has 2 bridgehead atoms. The van der Waals surface area contributed by atoms with E-state index in [4.69, 9.17) is 23.7 Å². The van der Waals surface area contributed by atoms with E-state index in [0.29, 0.717) is 76.2 Å². The maximum atomic E-state index is 14.2. The molecule has 1 aliphatic carbocycles. The van der Waals surface area contributed by atoms with Crippen molar-refractivity contribution in [3.63, 3.8) is 0 Å². The molecule has 0 aromatic carbocycles. The second-order valence-corrected chi connectivity index (χ2v) is 17.9. The fraction of sp³-hybridized carbons (Fsp3) is 0.729. The van der Waals surface area contributed by atoms with Gasteiger partial charge in [-0.25, -0.2) is 4.79 Å². The quantitative estimate of drug-likeness (QED) is 0.174. The van der Waals surface area contributed by atoms with Crippen molar-refractivity contribution in [1.29, 1.82) is 0 Å². The van der Waals surface area contributed by atoms with Gasteiger partial charge in [0.15, 0.2) is 5.78 Å². The third-order valence-corrected chi connectivity index (χ3v) is 13.4. The van der Waals surface area contributed by atoms with Crippen LogP contribution in [0.5, 0.6) is 0 Å². The van der Waals surface area contributed by atoms with Crippen molar-refractivity contribution in [1.82, 2.24) is 4.90 Å². The van der Waals surface area contributed by atoms with Crippen molar-refractivity contribution in [3.05, 3.63) is 47.6 Å². The number of ether oxygens (including phenoxy) is 5. The number of aliphatic hydroxyl groups is 3. The van der Waals surface area contributed by atoms with E-state index in [-0.39, 0.29) is 49.4 Å². The summed E-state index contributed by atoms with van der Waals surface area (Å²) < 4.78 is 29.0. The van der Waals surface area contributed by atoms with E-state index >= 15 is 0 Å². The molecule has 348 valence electrons. The summed E-state index contributed by atoms with van der Waals surface area (Å²) in [6.45, 7) is 6.99. The van der Waals surface area contributed by atoms with E-state index in [1.807, 2.05) is 37.3 Å². The number of methoxy groups -OCH3 is 3. The van der Waals surface area contributed by atoms with Gasteiger partial charge in [0.2, 0.25) is 5.79 Å². The summed E-state index contributed by atoms with van der Waals surface area (Å²) >= 11 is 0. The van der Waals surface area contributed by atoms with Crippen LogP contribution in [0.2, 0.25) is 0 Å². The number of fused-ring (bicyclic) bond motifs is 3.